The molecule has 0 aromatic heterocycles. The number of hydrogen-bond donors (Lipinski definition) is 0. The van der Waals surface area contributed by atoms with Crippen LogP contribution in [0.25, 0.3) is 0 Å². The van der Waals surface area contributed by atoms with Crippen LogP contribution in [0.4, 0.5) is 0 Å². The predicted molar refractivity (Wildman–Crippen MR) is 78.5 cm³/mol. The molecule has 0 saturated heterocycles. The Hall–Kier alpha value is 0.0300. The average Bonchev–Trinajstić information content (AvgIpc) is 2.99. The number of hydrogen-bond acceptors (Lipinski definition) is 0. The lowest BCUT2D eigenvalue weighted by atomic mass is 9.85. The molecule has 0 aromatic carbocycles. The Labute approximate surface area is 113 Å². The van der Waals surface area contributed by atoms with Crippen LogP contribution in [0.3, 0.4) is 0 Å². The van der Waals surface area contributed by atoms with Gasteiger partial charge in [-0.1, -0.05) is 44.4 Å². The molecule has 2 aliphatic carbocycles. The van der Waals surface area contributed by atoms with Crippen LogP contribution in [0.1, 0.15) is 64.7 Å². The second kappa shape index (κ2) is 5.58. The van der Waals surface area contributed by atoms with Crippen molar-refractivity contribution in [3.05, 3.63) is 9.15 Å². The van der Waals surface area contributed by atoms with Gasteiger partial charge in [0, 0.05) is 6.42 Å². The molecular weight excluding hydrogens is 307 g/mol. The van der Waals surface area contributed by atoms with Gasteiger partial charge in [-0.25, -0.2) is 0 Å². The summed E-state index contributed by atoms with van der Waals surface area (Å²) < 4.78 is 1.37. The molecule has 0 N–H and O–H groups in total. The molecule has 2 fully saturated rings. The lowest BCUT2D eigenvalue weighted by molar-refractivity contribution is 0.353. The second-order valence-corrected chi connectivity index (χ2v) is 6.29. The summed E-state index contributed by atoms with van der Waals surface area (Å²) in [4.78, 5) is 0. The first-order valence-electron chi connectivity index (χ1n) is 6.66. The van der Waals surface area contributed by atoms with Crippen molar-refractivity contribution in [2.24, 2.45) is 5.41 Å². The van der Waals surface area contributed by atoms with Gasteiger partial charge in [0.1, 0.15) is 0 Å². The lowest BCUT2D eigenvalue weighted by Gasteiger charge is -2.19. The summed E-state index contributed by atoms with van der Waals surface area (Å²) >= 11 is 2.46. The largest absolute Gasteiger partial charge is 0.0974 e. The zero-order valence-electron chi connectivity index (χ0n) is 10.2. The average molecular weight is 328 g/mol. The van der Waals surface area contributed by atoms with E-state index in [0.29, 0.717) is 5.41 Å². The fraction of sp³-hybridized carbons (Fsp3) is 0.733. The molecule has 0 bridgehead atoms. The van der Waals surface area contributed by atoms with Crippen LogP contribution >= 0.6 is 22.6 Å². The summed E-state index contributed by atoms with van der Waals surface area (Å²) in [7, 11) is 0. The minimum absolute atomic E-state index is 0.633. The second-order valence-electron chi connectivity index (χ2n) is 5.22. The fourth-order valence-electron chi connectivity index (χ4n) is 2.79. The Morgan fingerprint density at radius 1 is 1.31 bits per heavy atom. The van der Waals surface area contributed by atoms with E-state index in [9.17, 15) is 0 Å². The van der Waals surface area contributed by atoms with Crippen LogP contribution in [0.2, 0.25) is 0 Å². The first-order chi connectivity index (χ1) is 7.78. The van der Waals surface area contributed by atoms with E-state index >= 15 is 0 Å². The summed E-state index contributed by atoms with van der Waals surface area (Å²) in [5.41, 5.74) is 2.32. The van der Waals surface area contributed by atoms with E-state index in [0.717, 1.165) is 6.42 Å². The Kier molecular flexibility index (Phi) is 4.35. The molecule has 0 aliphatic heterocycles. The van der Waals surface area contributed by atoms with Gasteiger partial charge in [-0.2, -0.15) is 0 Å². The molecule has 16 heavy (non-hydrogen) atoms. The summed E-state index contributed by atoms with van der Waals surface area (Å²) in [6.45, 7) is 2.23. The van der Waals surface area contributed by atoms with Crippen LogP contribution in [-0.4, -0.2) is 0 Å². The van der Waals surface area contributed by atoms with Crippen molar-refractivity contribution in [2.45, 2.75) is 64.7 Å². The zero-order valence-corrected chi connectivity index (χ0v) is 12.4. The third kappa shape index (κ3) is 2.83. The monoisotopic (exact) mass is 328 g/mol. The minimum Gasteiger partial charge on any atom is -0.0974 e. The van der Waals surface area contributed by atoms with Crippen molar-refractivity contribution in [1.29, 1.82) is 0 Å². The van der Waals surface area contributed by atoms with Crippen LogP contribution < -0.4 is 0 Å². The highest BCUT2D eigenvalue weighted by Crippen LogP contribution is 2.62. The maximum absolute atomic E-state index is 3.37. The summed E-state index contributed by atoms with van der Waals surface area (Å²) in [6, 6.07) is 0. The maximum Gasteiger partial charge on any atom is 0.0627 e. The standard InChI is InChI=1S/C15H21I/c1-2-3-4-6-9-14(16)13-12-15(13)10-7-5-8-11-15/h2-5,7-8,10-12H2,1H3/b14-13-. The molecule has 0 nitrogen and oxygen atoms in total. The fourth-order valence-corrected chi connectivity index (χ4v) is 3.75. The number of rotatable bonds is 2. The van der Waals surface area contributed by atoms with Crippen molar-refractivity contribution in [1.82, 2.24) is 0 Å². The molecule has 0 unspecified atom stereocenters. The summed E-state index contributed by atoms with van der Waals surface area (Å²) in [5.74, 6) is 6.68. The maximum atomic E-state index is 3.37. The van der Waals surface area contributed by atoms with Gasteiger partial charge in [0.2, 0.25) is 0 Å². The lowest BCUT2D eigenvalue weighted by Crippen LogP contribution is -2.06. The van der Waals surface area contributed by atoms with Crippen LogP contribution in [-0.2, 0) is 0 Å². The Balaban J connectivity index is 1.93. The van der Waals surface area contributed by atoms with Gasteiger partial charge < -0.3 is 0 Å². The van der Waals surface area contributed by atoms with E-state index in [4.69, 9.17) is 0 Å². The van der Waals surface area contributed by atoms with E-state index < -0.39 is 0 Å². The van der Waals surface area contributed by atoms with Crippen molar-refractivity contribution in [3.8, 4) is 11.8 Å². The van der Waals surface area contributed by atoms with Crippen LogP contribution in [0.15, 0.2) is 9.15 Å². The third-order valence-corrected chi connectivity index (χ3v) is 4.88. The highest BCUT2D eigenvalue weighted by Gasteiger charge is 2.49. The van der Waals surface area contributed by atoms with Crippen LogP contribution in [0.5, 0.6) is 0 Å². The molecule has 1 heteroatoms. The molecule has 0 radical (unpaired) electrons. The van der Waals surface area contributed by atoms with E-state index in [1.807, 2.05) is 0 Å². The van der Waals surface area contributed by atoms with Gasteiger partial charge in [-0.05, 0) is 59.3 Å². The minimum atomic E-state index is 0.633. The van der Waals surface area contributed by atoms with Gasteiger partial charge in [-0.15, -0.1) is 0 Å². The molecule has 2 aliphatic rings. The SMILES string of the molecule is CCCCC#C/C(I)=C1\CC12CCCCC2. The quantitative estimate of drug-likeness (QED) is 0.370. The molecule has 1 spiro atoms. The summed E-state index contributed by atoms with van der Waals surface area (Å²) in [6.07, 6.45) is 12.1. The highest BCUT2D eigenvalue weighted by atomic mass is 127. The first-order valence-corrected chi connectivity index (χ1v) is 7.74. The first kappa shape index (κ1) is 12.5. The van der Waals surface area contributed by atoms with Crippen molar-refractivity contribution < 1.29 is 0 Å². The Bertz CT molecular complexity index is 334. The van der Waals surface area contributed by atoms with Gasteiger partial charge in [-0.3, -0.25) is 0 Å². The van der Waals surface area contributed by atoms with Crippen molar-refractivity contribution >= 4 is 22.6 Å². The third-order valence-electron chi connectivity index (χ3n) is 3.96. The van der Waals surface area contributed by atoms with Gasteiger partial charge >= 0.3 is 0 Å². The molecule has 2 saturated carbocycles. The van der Waals surface area contributed by atoms with Gasteiger partial charge in [0.05, 0.1) is 3.58 Å². The van der Waals surface area contributed by atoms with Gasteiger partial charge in [0.15, 0.2) is 0 Å². The number of halogens is 1. The van der Waals surface area contributed by atoms with E-state index in [1.165, 1.54) is 54.9 Å². The molecule has 88 valence electrons. The number of allylic oxidation sites excluding steroid dienone is 2. The van der Waals surface area contributed by atoms with Crippen LogP contribution in [0, 0.1) is 17.3 Å². The highest BCUT2D eigenvalue weighted by molar-refractivity contribution is 14.1. The molecular formula is C15H21I. The predicted octanol–water partition coefficient (Wildman–Crippen LogP) is 5.22. The van der Waals surface area contributed by atoms with Gasteiger partial charge in [0.25, 0.3) is 0 Å². The Morgan fingerprint density at radius 2 is 2.06 bits per heavy atom. The topological polar surface area (TPSA) is 0 Å². The zero-order chi connectivity index (χ0) is 11.4. The molecule has 2 rings (SSSR count). The number of unbranched alkanes of at least 4 members (excludes halogenated alkanes) is 2. The van der Waals surface area contributed by atoms with E-state index in [1.54, 1.807) is 5.57 Å². The van der Waals surface area contributed by atoms with E-state index in [2.05, 4.69) is 41.4 Å². The normalized spacial score (nSPS) is 24.9. The van der Waals surface area contributed by atoms with Crippen molar-refractivity contribution in [3.63, 3.8) is 0 Å². The molecule has 0 amide bonds. The van der Waals surface area contributed by atoms with E-state index in [-0.39, 0.29) is 0 Å². The molecule has 0 atom stereocenters. The van der Waals surface area contributed by atoms with Crippen molar-refractivity contribution in [2.75, 3.05) is 0 Å². The summed E-state index contributed by atoms with van der Waals surface area (Å²) in [5, 5.41) is 0. The smallest absolute Gasteiger partial charge is 0.0627 e. The molecule has 0 aromatic rings. The molecule has 0 heterocycles. The Morgan fingerprint density at radius 3 is 2.75 bits per heavy atom.